The van der Waals surface area contributed by atoms with Crippen molar-refractivity contribution in [2.24, 2.45) is 16.6 Å². The van der Waals surface area contributed by atoms with Gasteiger partial charge in [-0.05, 0) is 37.5 Å². The number of carbonyl (C=O) groups excluding carboxylic acids is 1. The molecule has 0 atom stereocenters. The van der Waals surface area contributed by atoms with Crippen LogP contribution in [0.15, 0.2) is 0 Å². The Hall–Kier alpha value is -0.570. The van der Waals surface area contributed by atoms with E-state index < -0.39 is 0 Å². The summed E-state index contributed by atoms with van der Waals surface area (Å²) in [5.74, 6) is 0.353. The summed E-state index contributed by atoms with van der Waals surface area (Å²) in [5, 5.41) is 0. The highest BCUT2D eigenvalue weighted by Crippen LogP contribution is 2.43. The molecule has 0 radical (unpaired) electrons. The van der Waals surface area contributed by atoms with E-state index in [1.165, 1.54) is 32.1 Å². The lowest BCUT2D eigenvalue weighted by Crippen LogP contribution is -2.46. The SMILES string of the molecule is CCC1(CC)CCN(C(=O)C2(CN)CCCC2)C1. The molecular weight excluding hydrogens is 224 g/mol. The quantitative estimate of drug-likeness (QED) is 0.836. The molecule has 2 aliphatic rings. The molecule has 0 unspecified atom stereocenters. The van der Waals surface area contributed by atoms with Gasteiger partial charge in [-0.3, -0.25) is 4.79 Å². The molecule has 0 spiro atoms. The second kappa shape index (κ2) is 5.20. The first-order valence-electron chi connectivity index (χ1n) is 7.61. The molecule has 1 aliphatic heterocycles. The Kier molecular flexibility index (Phi) is 4.00. The Bertz CT molecular complexity index is 304. The minimum Gasteiger partial charge on any atom is -0.342 e. The normalized spacial score (nSPS) is 25.6. The Morgan fingerprint density at radius 2 is 1.78 bits per heavy atom. The Morgan fingerprint density at radius 1 is 1.17 bits per heavy atom. The van der Waals surface area contributed by atoms with Gasteiger partial charge in [0.15, 0.2) is 0 Å². The van der Waals surface area contributed by atoms with Gasteiger partial charge in [0, 0.05) is 19.6 Å². The number of hydrogen-bond donors (Lipinski definition) is 1. The molecular formula is C15H28N2O. The monoisotopic (exact) mass is 252 g/mol. The molecule has 0 aromatic rings. The Morgan fingerprint density at radius 3 is 2.22 bits per heavy atom. The Balaban J connectivity index is 2.07. The van der Waals surface area contributed by atoms with Gasteiger partial charge in [0.25, 0.3) is 0 Å². The van der Waals surface area contributed by atoms with E-state index in [1.807, 2.05) is 0 Å². The number of amides is 1. The smallest absolute Gasteiger partial charge is 0.230 e. The molecule has 18 heavy (non-hydrogen) atoms. The van der Waals surface area contributed by atoms with Crippen LogP contribution in [0.25, 0.3) is 0 Å². The highest BCUT2D eigenvalue weighted by Gasteiger charge is 2.46. The number of nitrogens with zero attached hydrogens (tertiary/aromatic N) is 1. The van der Waals surface area contributed by atoms with E-state index in [1.54, 1.807) is 0 Å². The third-order valence-corrected chi connectivity index (χ3v) is 5.63. The van der Waals surface area contributed by atoms with E-state index in [0.717, 1.165) is 25.9 Å². The lowest BCUT2D eigenvalue weighted by molar-refractivity contribution is -0.140. The van der Waals surface area contributed by atoms with Crippen LogP contribution in [-0.2, 0) is 4.79 Å². The van der Waals surface area contributed by atoms with Crippen LogP contribution in [0.1, 0.15) is 58.8 Å². The van der Waals surface area contributed by atoms with Crippen molar-refractivity contribution in [3.63, 3.8) is 0 Å². The fourth-order valence-electron chi connectivity index (χ4n) is 3.83. The molecule has 1 saturated carbocycles. The topological polar surface area (TPSA) is 46.3 Å². The zero-order valence-electron chi connectivity index (χ0n) is 12.0. The number of carbonyl (C=O) groups is 1. The minimum atomic E-state index is -0.211. The van der Waals surface area contributed by atoms with Gasteiger partial charge in [-0.2, -0.15) is 0 Å². The molecule has 2 rings (SSSR count). The van der Waals surface area contributed by atoms with Crippen molar-refractivity contribution in [1.29, 1.82) is 0 Å². The molecule has 1 amide bonds. The highest BCUT2D eigenvalue weighted by atomic mass is 16.2. The third-order valence-electron chi connectivity index (χ3n) is 5.63. The van der Waals surface area contributed by atoms with Gasteiger partial charge >= 0.3 is 0 Å². The van der Waals surface area contributed by atoms with E-state index in [0.29, 0.717) is 17.9 Å². The maximum Gasteiger partial charge on any atom is 0.230 e. The first-order valence-corrected chi connectivity index (χ1v) is 7.61. The third kappa shape index (κ3) is 2.18. The largest absolute Gasteiger partial charge is 0.342 e. The van der Waals surface area contributed by atoms with Gasteiger partial charge in [0.05, 0.1) is 5.41 Å². The van der Waals surface area contributed by atoms with Crippen LogP contribution in [0.2, 0.25) is 0 Å². The lowest BCUT2D eigenvalue weighted by atomic mass is 9.81. The van der Waals surface area contributed by atoms with Crippen molar-refractivity contribution in [2.45, 2.75) is 58.8 Å². The molecule has 1 aliphatic carbocycles. The molecule has 2 fully saturated rings. The van der Waals surface area contributed by atoms with Gasteiger partial charge in [-0.25, -0.2) is 0 Å². The van der Waals surface area contributed by atoms with Gasteiger partial charge in [0.1, 0.15) is 0 Å². The second-order valence-electron chi connectivity index (χ2n) is 6.38. The van der Waals surface area contributed by atoms with E-state index in [2.05, 4.69) is 18.7 Å². The average Bonchev–Trinajstić information content (AvgIpc) is 3.06. The number of likely N-dealkylation sites (tertiary alicyclic amines) is 1. The minimum absolute atomic E-state index is 0.211. The molecule has 0 aromatic heterocycles. The maximum atomic E-state index is 12.8. The average molecular weight is 252 g/mol. The molecule has 0 aromatic carbocycles. The van der Waals surface area contributed by atoms with E-state index in [9.17, 15) is 4.79 Å². The van der Waals surface area contributed by atoms with Crippen molar-refractivity contribution in [3.8, 4) is 0 Å². The van der Waals surface area contributed by atoms with Gasteiger partial charge in [-0.1, -0.05) is 26.7 Å². The van der Waals surface area contributed by atoms with Crippen LogP contribution in [0.4, 0.5) is 0 Å². The standard InChI is InChI=1S/C15H28N2O/c1-3-14(4-2)9-10-17(12-14)13(18)15(11-16)7-5-6-8-15/h3-12,16H2,1-2H3. The van der Waals surface area contributed by atoms with Crippen LogP contribution in [0.3, 0.4) is 0 Å². The summed E-state index contributed by atoms with van der Waals surface area (Å²) in [4.78, 5) is 14.9. The molecule has 104 valence electrons. The van der Waals surface area contributed by atoms with E-state index >= 15 is 0 Å². The predicted octanol–water partition coefficient (Wildman–Crippen LogP) is 2.54. The van der Waals surface area contributed by atoms with Crippen LogP contribution < -0.4 is 5.73 Å². The summed E-state index contributed by atoms with van der Waals surface area (Å²) >= 11 is 0. The molecule has 0 bridgehead atoms. The van der Waals surface area contributed by atoms with Gasteiger partial charge in [0.2, 0.25) is 5.91 Å². The molecule has 3 nitrogen and oxygen atoms in total. The van der Waals surface area contributed by atoms with Crippen LogP contribution in [-0.4, -0.2) is 30.4 Å². The van der Waals surface area contributed by atoms with Gasteiger partial charge in [-0.15, -0.1) is 0 Å². The van der Waals surface area contributed by atoms with E-state index in [4.69, 9.17) is 5.73 Å². The van der Waals surface area contributed by atoms with Crippen molar-refractivity contribution in [3.05, 3.63) is 0 Å². The molecule has 1 heterocycles. The van der Waals surface area contributed by atoms with Gasteiger partial charge < -0.3 is 10.6 Å². The summed E-state index contributed by atoms with van der Waals surface area (Å²) in [6.45, 7) is 6.95. The fourth-order valence-corrected chi connectivity index (χ4v) is 3.83. The van der Waals surface area contributed by atoms with E-state index in [-0.39, 0.29) is 5.41 Å². The second-order valence-corrected chi connectivity index (χ2v) is 6.38. The zero-order valence-corrected chi connectivity index (χ0v) is 12.0. The molecule has 3 heteroatoms. The summed E-state index contributed by atoms with van der Waals surface area (Å²) in [7, 11) is 0. The van der Waals surface area contributed by atoms with Crippen molar-refractivity contribution in [2.75, 3.05) is 19.6 Å². The van der Waals surface area contributed by atoms with Crippen LogP contribution >= 0.6 is 0 Å². The van der Waals surface area contributed by atoms with Crippen LogP contribution in [0.5, 0.6) is 0 Å². The molecule has 2 N–H and O–H groups in total. The maximum absolute atomic E-state index is 12.8. The zero-order chi connectivity index (χ0) is 13.2. The number of nitrogens with two attached hydrogens (primary N) is 1. The predicted molar refractivity (Wildman–Crippen MR) is 74.2 cm³/mol. The van der Waals surface area contributed by atoms with Crippen molar-refractivity contribution >= 4 is 5.91 Å². The number of hydrogen-bond acceptors (Lipinski definition) is 2. The molecule has 1 saturated heterocycles. The summed E-state index contributed by atoms with van der Waals surface area (Å²) < 4.78 is 0. The van der Waals surface area contributed by atoms with Crippen molar-refractivity contribution < 1.29 is 4.79 Å². The van der Waals surface area contributed by atoms with Crippen LogP contribution in [0, 0.1) is 10.8 Å². The first kappa shape index (κ1) is 13.9. The fraction of sp³-hybridized carbons (Fsp3) is 0.933. The lowest BCUT2D eigenvalue weighted by Gasteiger charge is -2.33. The van der Waals surface area contributed by atoms with Crippen molar-refractivity contribution in [1.82, 2.24) is 4.90 Å². The summed E-state index contributed by atoms with van der Waals surface area (Å²) in [6.07, 6.45) is 7.89. The Labute approximate surface area is 111 Å². The summed E-state index contributed by atoms with van der Waals surface area (Å²) in [5.41, 5.74) is 6.09. The summed E-state index contributed by atoms with van der Waals surface area (Å²) in [6, 6.07) is 0. The number of rotatable bonds is 4. The first-order chi connectivity index (χ1) is 8.61. The highest BCUT2D eigenvalue weighted by molar-refractivity contribution is 5.83.